The van der Waals surface area contributed by atoms with Crippen LogP contribution in [0.25, 0.3) is 0 Å². The van der Waals surface area contributed by atoms with E-state index in [4.69, 9.17) is 9.84 Å². The van der Waals surface area contributed by atoms with Gasteiger partial charge in [-0.1, -0.05) is 12.7 Å². The van der Waals surface area contributed by atoms with E-state index in [1.54, 1.807) is 0 Å². The molecule has 1 N–H and O–H groups in total. The molecular formula is C11H14F3NO5. The number of aliphatic carboxylic acids is 1. The highest BCUT2D eigenvalue weighted by Gasteiger charge is 2.45. The molecule has 1 amide bonds. The standard InChI is InChI=1S/C11H14F3NO5/c1-2-3-20-10(18)15(6-11(12,13)14)8(9(16)17)7-4-19-5-7/h2,7-8H,1,3-6H2,(H,16,17). The van der Waals surface area contributed by atoms with E-state index in [-0.39, 0.29) is 24.7 Å². The first-order valence-electron chi connectivity index (χ1n) is 5.68. The highest BCUT2D eigenvalue weighted by molar-refractivity contribution is 5.80. The van der Waals surface area contributed by atoms with Crippen LogP contribution in [0.3, 0.4) is 0 Å². The number of carbonyl (C=O) groups excluding carboxylic acids is 1. The molecule has 0 radical (unpaired) electrons. The predicted molar refractivity (Wildman–Crippen MR) is 60.0 cm³/mol. The Hall–Kier alpha value is -1.77. The summed E-state index contributed by atoms with van der Waals surface area (Å²) in [4.78, 5) is 22.9. The second-order valence-electron chi connectivity index (χ2n) is 4.19. The summed E-state index contributed by atoms with van der Waals surface area (Å²) >= 11 is 0. The van der Waals surface area contributed by atoms with Crippen LogP contribution < -0.4 is 0 Å². The SMILES string of the molecule is C=CCOC(=O)N(CC(F)(F)F)C(C(=O)O)C1COC1. The first kappa shape index (κ1) is 16.3. The zero-order valence-corrected chi connectivity index (χ0v) is 10.4. The minimum absolute atomic E-state index is 0.0138. The number of halogens is 3. The number of ether oxygens (including phenoxy) is 2. The van der Waals surface area contributed by atoms with Crippen molar-refractivity contribution in [3.8, 4) is 0 Å². The van der Waals surface area contributed by atoms with Crippen molar-refractivity contribution in [1.29, 1.82) is 0 Å². The van der Waals surface area contributed by atoms with E-state index >= 15 is 0 Å². The maximum Gasteiger partial charge on any atom is 0.411 e. The third-order valence-electron chi connectivity index (χ3n) is 2.61. The third kappa shape index (κ3) is 4.41. The fourth-order valence-corrected chi connectivity index (χ4v) is 1.71. The lowest BCUT2D eigenvalue weighted by Crippen LogP contribution is -2.57. The van der Waals surface area contributed by atoms with Crippen molar-refractivity contribution >= 4 is 12.1 Å². The number of hydrogen-bond acceptors (Lipinski definition) is 4. The summed E-state index contributed by atoms with van der Waals surface area (Å²) in [5.41, 5.74) is 0. The molecule has 0 aromatic heterocycles. The van der Waals surface area contributed by atoms with E-state index in [9.17, 15) is 22.8 Å². The summed E-state index contributed by atoms with van der Waals surface area (Å²) in [6.45, 7) is 1.22. The van der Waals surface area contributed by atoms with Gasteiger partial charge in [0.2, 0.25) is 0 Å². The molecule has 1 unspecified atom stereocenters. The molecule has 1 rings (SSSR count). The zero-order chi connectivity index (χ0) is 15.3. The van der Waals surface area contributed by atoms with Gasteiger partial charge in [-0.25, -0.2) is 9.59 Å². The fraction of sp³-hybridized carbons (Fsp3) is 0.636. The lowest BCUT2D eigenvalue weighted by Gasteiger charge is -2.37. The van der Waals surface area contributed by atoms with Crippen molar-refractivity contribution in [2.45, 2.75) is 12.2 Å². The fourth-order valence-electron chi connectivity index (χ4n) is 1.71. The van der Waals surface area contributed by atoms with Crippen molar-refractivity contribution < 1.29 is 37.3 Å². The highest BCUT2D eigenvalue weighted by Crippen LogP contribution is 2.25. The number of rotatable bonds is 6. The summed E-state index contributed by atoms with van der Waals surface area (Å²) in [6, 6.07) is -1.64. The Kier molecular flexibility index (Phi) is 5.37. The highest BCUT2D eigenvalue weighted by atomic mass is 19.4. The molecule has 114 valence electrons. The first-order chi connectivity index (χ1) is 9.26. The molecule has 20 heavy (non-hydrogen) atoms. The predicted octanol–water partition coefficient (Wildman–Crippen LogP) is 1.27. The summed E-state index contributed by atoms with van der Waals surface area (Å²) in [6.07, 6.45) is -4.90. The Labute approximate surface area is 112 Å². The number of alkyl halides is 3. The van der Waals surface area contributed by atoms with Crippen molar-refractivity contribution in [2.75, 3.05) is 26.4 Å². The molecule has 6 nitrogen and oxygen atoms in total. The summed E-state index contributed by atoms with van der Waals surface area (Å²) in [5, 5.41) is 9.06. The molecule has 0 bridgehead atoms. The molecule has 1 aliphatic rings. The minimum Gasteiger partial charge on any atom is -0.480 e. The van der Waals surface area contributed by atoms with Gasteiger partial charge in [-0.2, -0.15) is 13.2 Å². The van der Waals surface area contributed by atoms with E-state index in [0.717, 1.165) is 0 Å². The Morgan fingerprint density at radius 3 is 2.45 bits per heavy atom. The van der Waals surface area contributed by atoms with E-state index in [2.05, 4.69) is 11.3 Å². The molecule has 0 saturated carbocycles. The Morgan fingerprint density at radius 1 is 1.50 bits per heavy atom. The number of amides is 1. The number of nitrogens with zero attached hydrogens (tertiary/aromatic N) is 1. The number of hydrogen-bond donors (Lipinski definition) is 1. The molecule has 1 fully saturated rings. The quantitative estimate of drug-likeness (QED) is 0.747. The van der Waals surface area contributed by atoms with Gasteiger partial charge in [-0.3, -0.25) is 4.90 Å². The molecule has 1 atom stereocenters. The van der Waals surface area contributed by atoms with Gasteiger partial charge >= 0.3 is 18.2 Å². The van der Waals surface area contributed by atoms with E-state index in [1.165, 1.54) is 6.08 Å². The van der Waals surface area contributed by atoms with E-state index in [0.29, 0.717) is 0 Å². The molecule has 0 aromatic carbocycles. The van der Waals surface area contributed by atoms with Crippen molar-refractivity contribution in [2.24, 2.45) is 5.92 Å². The topological polar surface area (TPSA) is 76.1 Å². The number of carboxylic acid groups (broad SMARTS) is 1. The van der Waals surface area contributed by atoms with Gasteiger partial charge in [0.25, 0.3) is 0 Å². The van der Waals surface area contributed by atoms with Gasteiger partial charge in [0.05, 0.1) is 13.2 Å². The summed E-state index contributed by atoms with van der Waals surface area (Å²) < 4.78 is 46.8. The van der Waals surface area contributed by atoms with Crippen molar-refractivity contribution in [3.63, 3.8) is 0 Å². The van der Waals surface area contributed by atoms with Gasteiger partial charge in [-0.05, 0) is 0 Å². The molecular weight excluding hydrogens is 283 g/mol. The Bertz CT molecular complexity index is 381. The third-order valence-corrected chi connectivity index (χ3v) is 2.61. The lowest BCUT2D eigenvalue weighted by molar-refractivity contribution is -0.171. The van der Waals surface area contributed by atoms with Crippen LogP contribution in [0.4, 0.5) is 18.0 Å². The van der Waals surface area contributed by atoms with Crippen molar-refractivity contribution in [3.05, 3.63) is 12.7 Å². The van der Waals surface area contributed by atoms with Crippen molar-refractivity contribution in [1.82, 2.24) is 4.90 Å². The van der Waals surface area contributed by atoms with Crippen LogP contribution >= 0.6 is 0 Å². The van der Waals surface area contributed by atoms with Gasteiger partial charge in [0, 0.05) is 5.92 Å². The molecule has 1 heterocycles. The molecule has 0 aliphatic carbocycles. The van der Waals surface area contributed by atoms with Gasteiger partial charge in [0.1, 0.15) is 19.2 Å². The van der Waals surface area contributed by atoms with Crippen LogP contribution in [0.15, 0.2) is 12.7 Å². The lowest BCUT2D eigenvalue weighted by atomic mass is 9.96. The van der Waals surface area contributed by atoms with E-state index < -0.39 is 36.7 Å². The maximum absolute atomic E-state index is 12.5. The normalized spacial score (nSPS) is 16.9. The smallest absolute Gasteiger partial charge is 0.411 e. The zero-order valence-electron chi connectivity index (χ0n) is 10.4. The average Bonchev–Trinajstić information content (AvgIpc) is 2.26. The van der Waals surface area contributed by atoms with Crippen LogP contribution in [-0.4, -0.2) is 60.7 Å². The monoisotopic (exact) mass is 297 g/mol. The molecule has 1 saturated heterocycles. The van der Waals surface area contributed by atoms with E-state index in [1.807, 2.05) is 0 Å². The van der Waals surface area contributed by atoms with Gasteiger partial charge in [-0.15, -0.1) is 0 Å². The average molecular weight is 297 g/mol. The van der Waals surface area contributed by atoms with Crippen LogP contribution in [-0.2, 0) is 14.3 Å². The second kappa shape index (κ2) is 6.60. The summed E-state index contributed by atoms with van der Waals surface area (Å²) in [5.74, 6) is -2.22. The molecule has 1 aliphatic heterocycles. The molecule has 0 spiro atoms. The second-order valence-corrected chi connectivity index (χ2v) is 4.19. The number of carboxylic acids is 1. The minimum atomic E-state index is -4.73. The Morgan fingerprint density at radius 2 is 2.10 bits per heavy atom. The first-order valence-corrected chi connectivity index (χ1v) is 5.68. The molecule has 9 heteroatoms. The van der Waals surface area contributed by atoms with Crippen LogP contribution in [0, 0.1) is 5.92 Å². The number of carbonyl (C=O) groups is 2. The maximum atomic E-state index is 12.5. The van der Waals surface area contributed by atoms with Crippen LogP contribution in [0.1, 0.15) is 0 Å². The van der Waals surface area contributed by atoms with Crippen LogP contribution in [0.5, 0.6) is 0 Å². The molecule has 0 aromatic rings. The van der Waals surface area contributed by atoms with Gasteiger partial charge < -0.3 is 14.6 Å². The van der Waals surface area contributed by atoms with Gasteiger partial charge in [0.15, 0.2) is 0 Å². The van der Waals surface area contributed by atoms with Crippen LogP contribution in [0.2, 0.25) is 0 Å². The largest absolute Gasteiger partial charge is 0.480 e. The summed E-state index contributed by atoms with van der Waals surface area (Å²) in [7, 11) is 0. The Balaban J connectivity index is 2.90.